The van der Waals surface area contributed by atoms with Crippen molar-refractivity contribution >= 4 is 0 Å². The van der Waals surface area contributed by atoms with Crippen LogP contribution in [0.2, 0.25) is 0 Å². The molecule has 0 amide bonds. The van der Waals surface area contributed by atoms with Crippen molar-refractivity contribution in [1.82, 2.24) is 0 Å². The molecular weight excluding hydrogens is 797 g/mol. The molecule has 5 aromatic rings. The van der Waals surface area contributed by atoms with Gasteiger partial charge in [-0.25, -0.2) is 17.6 Å². The van der Waals surface area contributed by atoms with Gasteiger partial charge in [-0.2, -0.15) is 0 Å². The Kier molecular flexibility index (Phi) is 23.3. The van der Waals surface area contributed by atoms with Crippen LogP contribution in [0.5, 0.6) is 0 Å². The summed E-state index contributed by atoms with van der Waals surface area (Å²) in [5.74, 6) is 0.520. The highest BCUT2D eigenvalue weighted by molar-refractivity contribution is 5.29. The zero-order valence-corrected chi connectivity index (χ0v) is 43.2. The molecular formula is C60H88F4. The Labute approximate surface area is 390 Å². The standard InChI is InChI=1S/C13H19F.C13H20.C12H17F.C11H15F.C10H13F.CH4/c1-9-6-7-11(8-12(9)14)10(2)13(3,4)5;1-10-6-8-12(9-7-10)11(2)13(3,4)5;1-9-5-6-10(7-11(9)13)8-12(2,3)4;1-8-5-6-9(7-10(8)12)11(2,3)4;1-10(2,3)8-4-6-9(11)7-5-8;/h6-8,10H,1-5H3;6-9,11H,1-5H3;5-7H,8H2,1-4H3;5-7H,1-4H3;4-7H,1-3H3;1H4/t10-;11-;;;;/m00..../s1. The van der Waals surface area contributed by atoms with Crippen LogP contribution in [0.1, 0.15) is 187 Å². The molecule has 0 N–H and O–H groups in total. The molecule has 64 heavy (non-hydrogen) atoms. The van der Waals surface area contributed by atoms with Crippen LogP contribution in [0.4, 0.5) is 17.6 Å². The van der Waals surface area contributed by atoms with Crippen LogP contribution in [-0.2, 0) is 17.3 Å². The molecule has 0 spiro atoms. The first-order valence-electron chi connectivity index (χ1n) is 22.6. The van der Waals surface area contributed by atoms with Crippen LogP contribution in [-0.4, -0.2) is 0 Å². The molecule has 0 aliphatic carbocycles. The van der Waals surface area contributed by atoms with E-state index in [0.29, 0.717) is 22.8 Å². The summed E-state index contributed by atoms with van der Waals surface area (Å²) in [5.41, 5.74) is 10.2. The third-order valence-electron chi connectivity index (χ3n) is 11.6. The first kappa shape index (κ1) is 59.8. The number of aryl methyl sites for hydroxylation is 4. The van der Waals surface area contributed by atoms with Crippen molar-refractivity contribution in [2.45, 2.75) is 182 Å². The van der Waals surface area contributed by atoms with Gasteiger partial charge < -0.3 is 0 Å². The predicted octanol–water partition coefficient (Wildman–Crippen LogP) is 19.3. The zero-order chi connectivity index (χ0) is 48.9. The Morgan fingerprint density at radius 2 is 0.766 bits per heavy atom. The van der Waals surface area contributed by atoms with Gasteiger partial charge in [0.1, 0.15) is 23.3 Å². The van der Waals surface area contributed by atoms with Crippen LogP contribution in [0.25, 0.3) is 0 Å². The lowest BCUT2D eigenvalue weighted by Crippen LogP contribution is -2.15. The van der Waals surface area contributed by atoms with Crippen molar-refractivity contribution in [3.63, 3.8) is 0 Å². The molecule has 0 aliphatic rings. The van der Waals surface area contributed by atoms with Crippen molar-refractivity contribution in [1.29, 1.82) is 0 Å². The molecule has 0 aliphatic heterocycles. The highest BCUT2D eigenvalue weighted by Crippen LogP contribution is 2.35. The molecule has 0 radical (unpaired) electrons. The van der Waals surface area contributed by atoms with Gasteiger partial charge in [-0.1, -0.05) is 203 Å². The molecule has 5 aromatic carbocycles. The second-order valence-corrected chi connectivity index (χ2v) is 22.9. The molecule has 0 saturated heterocycles. The molecule has 0 bridgehead atoms. The number of rotatable bonds is 3. The van der Waals surface area contributed by atoms with Crippen LogP contribution >= 0.6 is 0 Å². The zero-order valence-electron chi connectivity index (χ0n) is 43.2. The maximum absolute atomic E-state index is 13.3. The van der Waals surface area contributed by atoms with Crippen LogP contribution in [0, 0.1) is 67.2 Å². The Bertz CT molecular complexity index is 2100. The summed E-state index contributed by atoms with van der Waals surface area (Å²) in [6.07, 6.45) is 0.921. The van der Waals surface area contributed by atoms with E-state index in [0.717, 1.165) is 34.2 Å². The quantitative estimate of drug-likeness (QED) is 0.158. The van der Waals surface area contributed by atoms with Crippen molar-refractivity contribution in [3.8, 4) is 0 Å². The normalized spacial score (nSPS) is 12.6. The van der Waals surface area contributed by atoms with Gasteiger partial charge in [-0.3, -0.25) is 0 Å². The first-order chi connectivity index (χ1) is 28.5. The molecule has 0 unspecified atom stereocenters. The topological polar surface area (TPSA) is 0 Å². The largest absolute Gasteiger partial charge is 0.207 e. The van der Waals surface area contributed by atoms with Gasteiger partial charge in [0, 0.05) is 0 Å². The molecule has 4 heteroatoms. The Morgan fingerprint density at radius 3 is 1.14 bits per heavy atom. The average Bonchev–Trinajstić information content (AvgIpc) is 3.14. The van der Waals surface area contributed by atoms with Gasteiger partial charge in [0.15, 0.2) is 0 Å². The fourth-order valence-corrected chi connectivity index (χ4v) is 6.10. The van der Waals surface area contributed by atoms with Crippen LogP contribution < -0.4 is 0 Å². The second-order valence-electron chi connectivity index (χ2n) is 22.9. The van der Waals surface area contributed by atoms with Crippen molar-refractivity contribution in [2.75, 3.05) is 0 Å². The van der Waals surface area contributed by atoms with E-state index < -0.39 is 0 Å². The summed E-state index contributed by atoms with van der Waals surface area (Å²) in [5, 5.41) is 0. The molecule has 2 atom stereocenters. The minimum absolute atomic E-state index is 0. The van der Waals surface area contributed by atoms with E-state index in [1.807, 2.05) is 48.5 Å². The number of hydrogen-bond acceptors (Lipinski definition) is 0. The smallest absolute Gasteiger partial charge is 0.126 e. The lowest BCUT2D eigenvalue weighted by molar-refractivity contribution is 0.338. The van der Waals surface area contributed by atoms with E-state index in [2.05, 4.69) is 149 Å². The summed E-state index contributed by atoms with van der Waals surface area (Å²) >= 11 is 0. The van der Waals surface area contributed by atoms with E-state index in [-0.39, 0.29) is 52.4 Å². The number of benzene rings is 5. The highest BCUT2D eigenvalue weighted by Gasteiger charge is 2.23. The van der Waals surface area contributed by atoms with Crippen molar-refractivity contribution < 1.29 is 17.6 Å². The van der Waals surface area contributed by atoms with Crippen molar-refractivity contribution in [2.24, 2.45) is 16.2 Å². The monoisotopic (exact) mass is 885 g/mol. The van der Waals surface area contributed by atoms with Gasteiger partial charge in [0.05, 0.1) is 0 Å². The van der Waals surface area contributed by atoms with Gasteiger partial charge in [-0.05, 0) is 148 Å². The van der Waals surface area contributed by atoms with Gasteiger partial charge in [0.25, 0.3) is 0 Å². The van der Waals surface area contributed by atoms with E-state index in [1.165, 1.54) is 28.8 Å². The summed E-state index contributed by atoms with van der Waals surface area (Å²) < 4.78 is 52.1. The van der Waals surface area contributed by atoms with Gasteiger partial charge in [0.2, 0.25) is 0 Å². The lowest BCUT2D eigenvalue weighted by atomic mass is 9.78. The fraction of sp³-hybridized carbons (Fsp3) is 0.500. The highest BCUT2D eigenvalue weighted by atomic mass is 19.1. The average molecular weight is 885 g/mol. The lowest BCUT2D eigenvalue weighted by Gasteiger charge is -2.27. The van der Waals surface area contributed by atoms with E-state index in [4.69, 9.17) is 0 Å². The molecule has 0 nitrogen and oxygen atoms in total. The van der Waals surface area contributed by atoms with Gasteiger partial charge in [-0.15, -0.1) is 0 Å². The second kappa shape index (κ2) is 24.9. The van der Waals surface area contributed by atoms with Gasteiger partial charge >= 0.3 is 0 Å². The number of halogens is 4. The molecule has 0 heterocycles. The minimum atomic E-state index is -0.169. The third-order valence-corrected chi connectivity index (χ3v) is 11.6. The Hall–Kier alpha value is -4.18. The molecule has 356 valence electrons. The maximum atomic E-state index is 13.3. The molecule has 0 fully saturated rings. The van der Waals surface area contributed by atoms with E-state index in [1.54, 1.807) is 39.0 Å². The molecule has 5 rings (SSSR count). The van der Waals surface area contributed by atoms with Crippen LogP contribution in [0.15, 0.2) is 103 Å². The summed E-state index contributed by atoms with van der Waals surface area (Å²) in [4.78, 5) is 0. The molecule has 0 saturated carbocycles. The molecule has 0 aromatic heterocycles. The summed E-state index contributed by atoms with van der Waals surface area (Å²) in [6.45, 7) is 44.4. The summed E-state index contributed by atoms with van der Waals surface area (Å²) in [6, 6.07) is 32.0. The van der Waals surface area contributed by atoms with Crippen molar-refractivity contribution in [3.05, 3.63) is 176 Å². The van der Waals surface area contributed by atoms with Crippen LogP contribution in [0.3, 0.4) is 0 Å². The fourth-order valence-electron chi connectivity index (χ4n) is 6.10. The number of hydrogen-bond donors (Lipinski definition) is 0. The first-order valence-corrected chi connectivity index (χ1v) is 22.6. The SMILES string of the molecule is C.CC(C)(C)c1ccc(F)cc1.Cc1ccc(C(C)(C)C)cc1F.Cc1ccc(CC(C)(C)C)cc1F.Cc1ccc([C@H](C)C(C)(C)C)cc1.Cc1ccc([C@H](C)C(C)(C)C)cc1F. The third kappa shape index (κ3) is 22.1. The summed E-state index contributed by atoms with van der Waals surface area (Å²) in [7, 11) is 0. The van der Waals surface area contributed by atoms with E-state index in [9.17, 15) is 17.6 Å². The predicted molar refractivity (Wildman–Crippen MR) is 274 cm³/mol. The maximum Gasteiger partial charge on any atom is 0.126 e. The van der Waals surface area contributed by atoms with E-state index >= 15 is 0 Å². The minimum Gasteiger partial charge on any atom is -0.207 e. The Balaban J connectivity index is 0.000000774. The Morgan fingerprint density at radius 1 is 0.406 bits per heavy atom.